The van der Waals surface area contributed by atoms with Gasteiger partial charge in [0.05, 0.1) is 15.3 Å². The first-order chi connectivity index (χ1) is 13.4. The topological polar surface area (TPSA) is 47.0 Å². The van der Waals surface area contributed by atoms with Crippen LogP contribution in [-0.4, -0.2) is 13.4 Å². The molecule has 1 heterocycles. The fourth-order valence-corrected chi connectivity index (χ4v) is 4.52. The maximum absolute atomic E-state index is 13.9. The third kappa shape index (κ3) is 3.14. The second kappa shape index (κ2) is 6.76. The Hall–Kier alpha value is -3.19. The van der Waals surface area contributed by atoms with Crippen LogP contribution in [-0.2, 0) is 9.84 Å². The smallest absolute Gasteiger partial charge is 0.208 e. The molecule has 0 fully saturated rings. The normalized spacial score (nSPS) is 11.7. The van der Waals surface area contributed by atoms with Crippen molar-refractivity contribution < 1.29 is 21.6 Å². The highest BCUT2D eigenvalue weighted by Gasteiger charge is 2.25. The van der Waals surface area contributed by atoms with Crippen LogP contribution in [0.2, 0.25) is 0 Å². The number of rotatable bonds is 3. The molecule has 0 atom stereocenters. The molecule has 0 saturated heterocycles. The first-order valence-electron chi connectivity index (χ1n) is 8.21. The van der Waals surface area contributed by atoms with Gasteiger partial charge in [0, 0.05) is 17.1 Å². The Kier molecular flexibility index (Phi) is 4.39. The second-order valence-corrected chi connectivity index (χ2v) is 8.05. The molecule has 0 saturated carbocycles. The molecule has 0 aliphatic carbocycles. The van der Waals surface area contributed by atoms with Gasteiger partial charge in [-0.05, 0) is 54.1 Å². The molecule has 140 valence electrons. The molecule has 0 spiro atoms. The van der Waals surface area contributed by atoms with Crippen LogP contribution < -0.4 is 0 Å². The lowest BCUT2D eigenvalue weighted by molar-refractivity contribution is 0.590. The number of sulfone groups is 1. The molecule has 0 unspecified atom stereocenters. The van der Waals surface area contributed by atoms with Crippen LogP contribution in [0.25, 0.3) is 22.0 Å². The number of nitrogens with zero attached hydrogens (tertiary/aromatic N) is 1. The molecule has 1 aromatic heterocycles. The van der Waals surface area contributed by atoms with E-state index in [9.17, 15) is 21.6 Å². The van der Waals surface area contributed by atoms with E-state index in [1.165, 1.54) is 42.5 Å². The van der Waals surface area contributed by atoms with Crippen LogP contribution in [0.1, 0.15) is 0 Å². The Morgan fingerprint density at radius 1 is 0.750 bits per heavy atom. The van der Waals surface area contributed by atoms with Gasteiger partial charge in [-0.15, -0.1) is 0 Å². The predicted octanol–water partition coefficient (Wildman–Crippen LogP) is 5.15. The van der Waals surface area contributed by atoms with Gasteiger partial charge in [0.2, 0.25) is 9.84 Å². The highest BCUT2D eigenvalue weighted by molar-refractivity contribution is 7.91. The van der Waals surface area contributed by atoms with E-state index in [4.69, 9.17) is 0 Å². The fourth-order valence-electron chi connectivity index (χ4n) is 3.05. The number of hydrogen-bond donors (Lipinski definition) is 0. The van der Waals surface area contributed by atoms with Crippen LogP contribution in [0.15, 0.2) is 82.7 Å². The van der Waals surface area contributed by atoms with Crippen molar-refractivity contribution in [3.63, 3.8) is 0 Å². The highest BCUT2D eigenvalue weighted by Crippen LogP contribution is 2.37. The van der Waals surface area contributed by atoms with Crippen molar-refractivity contribution in [3.05, 3.63) is 90.4 Å². The summed E-state index contributed by atoms with van der Waals surface area (Å²) in [5.41, 5.74) is 0.695. The average Bonchev–Trinajstić information content (AvgIpc) is 2.67. The third-order valence-corrected chi connectivity index (χ3v) is 6.07. The van der Waals surface area contributed by atoms with Gasteiger partial charge in [-0.25, -0.2) is 21.6 Å². The minimum atomic E-state index is -4.20. The zero-order valence-electron chi connectivity index (χ0n) is 14.2. The zero-order chi connectivity index (χ0) is 19.9. The third-order valence-electron chi connectivity index (χ3n) is 4.30. The molecule has 28 heavy (non-hydrogen) atoms. The molecule has 0 amide bonds. The van der Waals surface area contributed by atoms with Crippen LogP contribution in [0.3, 0.4) is 0 Å². The minimum absolute atomic E-state index is 0.105. The summed E-state index contributed by atoms with van der Waals surface area (Å²) in [5.74, 6) is -1.88. The molecule has 0 aliphatic rings. The van der Waals surface area contributed by atoms with Crippen LogP contribution in [0.4, 0.5) is 13.2 Å². The molecular formula is C21H12F3NO2S. The van der Waals surface area contributed by atoms with E-state index in [1.54, 1.807) is 0 Å². The Balaban J connectivity index is 2.11. The average molecular weight is 399 g/mol. The number of hydrogen-bond acceptors (Lipinski definition) is 3. The van der Waals surface area contributed by atoms with Gasteiger partial charge < -0.3 is 0 Å². The first-order valence-corrected chi connectivity index (χ1v) is 9.69. The molecule has 3 aromatic carbocycles. The maximum Gasteiger partial charge on any atom is 0.208 e. The fraction of sp³-hybridized carbons (Fsp3) is 0. The van der Waals surface area contributed by atoms with E-state index in [1.807, 2.05) is 0 Å². The lowest BCUT2D eigenvalue weighted by Crippen LogP contribution is -2.06. The quantitative estimate of drug-likeness (QED) is 0.479. The van der Waals surface area contributed by atoms with E-state index in [0.29, 0.717) is 5.52 Å². The van der Waals surface area contributed by atoms with Crippen molar-refractivity contribution in [2.45, 2.75) is 9.79 Å². The first kappa shape index (κ1) is 18.2. The van der Waals surface area contributed by atoms with Gasteiger partial charge in [0.15, 0.2) is 0 Å². The van der Waals surface area contributed by atoms with Gasteiger partial charge in [-0.2, -0.15) is 0 Å². The zero-order valence-corrected chi connectivity index (χ0v) is 15.1. The molecule has 4 aromatic rings. The van der Waals surface area contributed by atoms with Gasteiger partial charge in [0.25, 0.3) is 0 Å². The SMILES string of the molecule is O=S(=O)(c1cccc(F)c1)c1cnc2ccc(F)cc2c1-c1cccc(F)c1. The molecule has 0 radical (unpaired) electrons. The van der Waals surface area contributed by atoms with Crippen LogP contribution >= 0.6 is 0 Å². The minimum Gasteiger partial charge on any atom is -0.255 e. The van der Waals surface area contributed by atoms with E-state index in [0.717, 1.165) is 30.5 Å². The molecule has 4 rings (SSSR count). The molecule has 7 heteroatoms. The lowest BCUT2D eigenvalue weighted by Gasteiger charge is -2.14. The number of halogens is 3. The van der Waals surface area contributed by atoms with Crippen molar-refractivity contribution in [2.75, 3.05) is 0 Å². The lowest BCUT2D eigenvalue weighted by atomic mass is 10.0. The summed E-state index contributed by atoms with van der Waals surface area (Å²) in [6.45, 7) is 0. The van der Waals surface area contributed by atoms with E-state index >= 15 is 0 Å². The van der Waals surface area contributed by atoms with E-state index in [-0.39, 0.29) is 26.3 Å². The monoisotopic (exact) mass is 399 g/mol. The molecule has 0 bridgehead atoms. The Morgan fingerprint density at radius 2 is 1.43 bits per heavy atom. The van der Waals surface area contributed by atoms with Gasteiger partial charge in [-0.1, -0.05) is 18.2 Å². The van der Waals surface area contributed by atoms with Crippen LogP contribution in [0.5, 0.6) is 0 Å². The Morgan fingerprint density at radius 3 is 2.14 bits per heavy atom. The number of fused-ring (bicyclic) bond motifs is 1. The number of aromatic nitrogens is 1. The van der Waals surface area contributed by atoms with Crippen molar-refractivity contribution in [2.24, 2.45) is 0 Å². The van der Waals surface area contributed by atoms with E-state index in [2.05, 4.69) is 4.98 Å². The standard InChI is InChI=1S/C21H12F3NO2S/c22-14-4-1-3-13(9-14)21-18-11-16(24)7-8-19(18)25-12-20(21)28(26,27)17-6-2-5-15(23)10-17/h1-12H. The van der Waals surface area contributed by atoms with Gasteiger partial charge >= 0.3 is 0 Å². The predicted molar refractivity (Wildman–Crippen MR) is 98.9 cm³/mol. The summed E-state index contributed by atoms with van der Waals surface area (Å²) in [6, 6.07) is 13.6. The molecule has 0 aliphatic heterocycles. The Bertz CT molecular complexity index is 1320. The summed E-state index contributed by atoms with van der Waals surface area (Å²) < 4.78 is 67.8. The van der Waals surface area contributed by atoms with Crippen molar-refractivity contribution in [1.29, 1.82) is 0 Å². The van der Waals surface area contributed by atoms with E-state index < -0.39 is 27.3 Å². The highest BCUT2D eigenvalue weighted by atomic mass is 32.2. The number of benzene rings is 3. The van der Waals surface area contributed by atoms with Gasteiger partial charge in [0.1, 0.15) is 17.5 Å². The summed E-state index contributed by atoms with van der Waals surface area (Å²) in [5, 5.41) is 0.211. The summed E-state index contributed by atoms with van der Waals surface area (Å²) in [7, 11) is -4.20. The largest absolute Gasteiger partial charge is 0.255 e. The molecule has 0 N–H and O–H groups in total. The molecular weight excluding hydrogens is 387 g/mol. The van der Waals surface area contributed by atoms with Crippen molar-refractivity contribution >= 4 is 20.7 Å². The maximum atomic E-state index is 13.9. The van der Waals surface area contributed by atoms with Gasteiger partial charge in [-0.3, -0.25) is 4.98 Å². The van der Waals surface area contributed by atoms with Crippen molar-refractivity contribution in [3.8, 4) is 11.1 Å². The second-order valence-electron chi connectivity index (χ2n) is 6.13. The van der Waals surface area contributed by atoms with Crippen molar-refractivity contribution in [1.82, 2.24) is 4.98 Å². The summed E-state index contributed by atoms with van der Waals surface area (Å²) in [4.78, 5) is 3.57. The molecule has 3 nitrogen and oxygen atoms in total. The van der Waals surface area contributed by atoms with Crippen LogP contribution in [0, 0.1) is 17.5 Å². The Labute approximate surface area is 159 Å². The number of pyridine rings is 1. The summed E-state index contributed by atoms with van der Waals surface area (Å²) in [6.07, 6.45) is 1.13. The summed E-state index contributed by atoms with van der Waals surface area (Å²) >= 11 is 0.